The van der Waals surface area contributed by atoms with Crippen molar-refractivity contribution in [3.05, 3.63) is 39.2 Å². The first-order valence-electron chi connectivity index (χ1n) is 11.5. The molecule has 2 fully saturated rings. The van der Waals surface area contributed by atoms with Crippen LogP contribution in [0, 0.1) is 6.92 Å². The summed E-state index contributed by atoms with van der Waals surface area (Å²) in [6.07, 6.45) is 3.60. The van der Waals surface area contributed by atoms with Gasteiger partial charge in [0.05, 0.1) is 27.2 Å². The third-order valence-electron chi connectivity index (χ3n) is 6.49. The number of rotatable bonds is 6. The van der Waals surface area contributed by atoms with Crippen LogP contribution in [0.3, 0.4) is 0 Å². The molecule has 0 saturated carbocycles. The second kappa shape index (κ2) is 10.2. The second-order valence-corrected chi connectivity index (χ2v) is 14.0. The molecular formula is C23H25Cl2N3O4S3. The van der Waals surface area contributed by atoms with Gasteiger partial charge < -0.3 is 4.74 Å². The topological polar surface area (TPSA) is 79.8 Å². The largest absolute Gasteiger partial charge is 0.376 e. The number of benzene rings is 1. The summed E-state index contributed by atoms with van der Waals surface area (Å²) in [5.74, 6) is -0.269. The molecule has 35 heavy (non-hydrogen) atoms. The van der Waals surface area contributed by atoms with Crippen molar-refractivity contribution in [3.63, 3.8) is 0 Å². The Hall–Kier alpha value is -1.27. The van der Waals surface area contributed by atoms with Crippen LogP contribution >= 0.6 is 45.9 Å². The molecular weight excluding hydrogens is 549 g/mol. The van der Waals surface area contributed by atoms with E-state index in [1.54, 1.807) is 11.0 Å². The molecule has 2 unspecified atom stereocenters. The van der Waals surface area contributed by atoms with Gasteiger partial charge in [-0.1, -0.05) is 41.0 Å². The molecule has 1 amide bonds. The Morgan fingerprint density at radius 3 is 2.71 bits per heavy atom. The number of halogens is 2. The monoisotopic (exact) mass is 573 g/mol. The van der Waals surface area contributed by atoms with Crippen LogP contribution in [0.2, 0.25) is 9.36 Å². The zero-order valence-electron chi connectivity index (χ0n) is 19.1. The Kier molecular flexibility index (Phi) is 7.43. The summed E-state index contributed by atoms with van der Waals surface area (Å²) in [5, 5.41) is 1.15. The van der Waals surface area contributed by atoms with Gasteiger partial charge in [-0.2, -0.15) is 4.31 Å². The minimum absolute atomic E-state index is 0.111. The molecule has 0 N–H and O–H groups in total. The number of fused-ring (bicyclic) bond motifs is 1. The van der Waals surface area contributed by atoms with E-state index in [9.17, 15) is 13.2 Å². The molecule has 4 heterocycles. The van der Waals surface area contributed by atoms with Crippen LogP contribution in [0.1, 0.15) is 37.7 Å². The van der Waals surface area contributed by atoms with Crippen molar-refractivity contribution in [2.45, 2.75) is 55.4 Å². The predicted octanol–water partition coefficient (Wildman–Crippen LogP) is 5.73. The standard InChI is InChI=1S/C23H25Cl2N3O4S3/c1-14-16(24)7-8-18-21(14)26-23(33-18)27(13-15-5-4-12-32-15)22(29)17-6-2-3-11-28(17)35(30,31)20-10-9-19(25)34-20/h7-10,15,17H,2-6,11-13H2,1H3. The molecule has 1 aromatic carbocycles. The normalized spacial score (nSPS) is 21.6. The van der Waals surface area contributed by atoms with E-state index in [0.29, 0.717) is 40.5 Å². The third kappa shape index (κ3) is 4.99. The summed E-state index contributed by atoms with van der Waals surface area (Å²) in [6.45, 7) is 3.18. The average Bonchev–Trinajstić information content (AvgIpc) is 3.61. The number of amides is 1. The van der Waals surface area contributed by atoms with Gasteiger partial charge in [0.25, 0.3) is 10.0 Å². The van der Waals surface area contributed by atoms with Gasteiger partial charge >= 0.3 is 0 Å². The minimum Gasteiger partial charge on any atom is -0.376 e. The van der Waals surface area contributed by atoms with Crippen LogP contribution in [0.5, 0.6) is 0 Å². The summed E-state index contributed by atoms with van der Waals surface area (Å²) in [7, 11) is -3.86. The lowest BCUT2D eigenvalue weighted by Gasteiger charge is -2.36. The van der Waals surface area contributed by atoms with E-state index in [-0.39, 0.29) is 22.8 Å². The summed E-state index contributed by atoms with van der Waals surface area (Å²) in [6, 6.07) is 5.99. The maximum Gasteiger partial charge on any atom is 0.253 e. The fourth-order valence-electron chi connectivity index (χ4n) is 4.63. The van der Waals surface area contributed by atoms with Gasteiger partial charge in [0.1, 0.15) is 10.3 Å². The average molecular weight is 575 g/mol. The Morgan fingerprint density at radius 2 is 2.00 bits per heavy atom. The molecule has 2 aliphatic heterocycles. The molecule has 0 spiro atoms. The van der Waals surface area contributed by atoms with E-state index in [1.165, 1.54) is 21.7 Å². The lowest BCUT2D eigenvalue weighted by Crippen LogP contribution is -2.54. The maximum atomic E-state index is 14.1. The molecule has 12 heteroatoms. The maximum absolute atomic E-state index is 14.1. The van der Waals surface area contributed by atoms with E-state index in [4.69, 9.17) is 32.9 Å². The molecule has 2 saturated heterocycles. The number of sulfonamides is 1. The van der Waals surface area contributed by atoms with Crippen LogP contribution < -0.4 is 4.90 Å². The SMILES string of the molecule is Cc1c(Cl)ccc2sc(N(CC3CCCO3)C(=O)C3CCCCN3S(=O)(=O)c3ccc(Cl)s3)nc12. The molecule has 3 aromatic rings. The highest BCUT2D eigenvalue weighted by molar-refractivity contribution is 7.91. The number of thiazole rings is 1. The fourth-order valence-corrected chi connectivity index (χ4v) is 9.09. The second-order valence-electron chi connectivity index (χ2n) is 8.79. The smallest absolute Gasteiger partial charge is 0.253 e. The highest BCUT2D eigenvalue weighted by atomic mass is 35.5. The number of ether oxygens (including phenoxy) is 1. The quantitative estimate of drug-likeness (QED) is 0.376. The number of hydrogen-bond acceptors (Lipinski definition) is 7. The first-order chi connectivity index (χ1) is 16.8. The van der Waals surface area contributed by atoms with Crippen molar-refractivity contribution in [2.24, 2.45) is 0 Å². The number of piperidine rings is 1. The highest BCUT2D eigenvalue weighted by Gasteiger charge is 2.41. The number of hydrogen-bond donors (Lipinski definition) is 0. The summed E-state index contributed by atoms with van der Waals surface area (Å²) in [5.41, 5.74) is 1.61. The Labute approximate surface area is 222 Å². The lowest BCUT2D eigenvalue weighted by atomic mass is 10.0. The fraction of sp³-hybridized carbons (Fsp3) is 0.478. The highest BCUT2D eigenvalue weighted by Crippen LogP contribution is 2.37. The number of thiophene rings is 1. The van der Waals surface area contributed by atoms with Crippen LogP contribution in [0.15, 0.2) is 28.5 Å². The van der Waals surface area contributed by atoms with Crippen LogP contribution in [0.4, 0.5) is 5.13 Å². The van der Waals surface area contributed by atoms with E-state index >= 15 is 0 Å². The van der Waals surface area contributed by atoms with Crippen molar-refractivity contribution in [2.75, 3.05) is 24.6 Å². The third-order valence-corrected chi connectivity index (χ3v) is 11.6. The predicted molar refractivity (Wildman–Crippen MR) is 142 cm³/mol. The molecule has 0 radical (unpaired) electrons. The molecule has 7 nitrogen and oxygen atoms in total. The first-order valence-corrected chi connectivity index (χ1v) is 15.3. The number of aromatic nitrogens is 1. The molecule has 2 aliphatic rings. The summed E-state index contributed by atoms with van der Waals surface area (Å²) in [4.78, 5) is 20.5. The number of carbonyl (C=O) groups excluding carboxylic acids is 1. The van der Waals surface area contributed by atoms with Gasteiger partial charge in [-0.3, -0.25) is 9.69 Å². The molecule has 2 aromatic heterocycles. The van der Waals surface area contributed by atoms with Gasteiger partial charge in [-0.15, -0.1) is 11.3 Å². The van der Waals surface area contributed by atoms with E-state index < -0.39 is 16.1 Å². The minimum atomic E-state index is -3.86. The van der Waals surface area contributed by atoms with Crippen molar-refractivity contribution >= 4 is 77.2 Å². The molecule has 0 aliphatic carbocycles. The Balaban J connectivity index is 1.52. The lowest BCUT2D eigenvalue weighted by molar-refractivity contribution is -0.123. The van der Waals surface area contributed by atoms with E-state index in [1.807, 2.05) is 19.1 Å². The number of carbonyl (C=O) groups is 1. The Bertz CT molecular complexity index is 1350. The first kappa shape index (κ1) is 25.4. The number of anilines is 1. The van der Waals surface area contributed by atoms with Crippen molar-refractivity contribution in [1.82, 2.24) is 9.29 Å². The van der Waals surface area contributed by atoms with E-state index in [0.717, 1.165) is 46.4 Å². The van der Waals surface area contributed by atoms with Gasteiger partial charge in [0, 0.05) is 18.2 Å². The van der Waals surface area contributed by atoms with Crippen molar-refractivity contribution in [1.29, 1.82) is 0 Å². The van der Waals surface area contributed by atoms with Crippen LogP contribution in [-0.4, -0.2) is 55.5 Å². The van der Waals surface area contributed by atoms with Crippen molar-refractivity contribution < 1.29 is 17.9 Å². The molecule has 188 valence electrons. The zero-order valence-corrected chi connectivity index (χ0v) is 23.0. The van der Waals surface area contributed by atoms with Gasteiger partial charge in [-0.25, -0.2) is 13.4 Å². The Morgan fingerprint density at radius 1 is 1.17 bits per heavy atom. The van der Waals surface area contributed by atoms with Gasteiger partial charge in [0.2, 0.25) is 5.91 Å². The summed E-state index contributed by atoms with van der Waals surface area (Å²) < 4.78 is 35.7. The zero-order chi connectivity index (χ0) is 24.7. The molecule has 2 atom stereocenters. The number of nitrogens with zero attached hydrogens (tertiary/aromatic N) is 3. The summed E-state index contributed by atoms with van der Waals surface area (Å²) >= 11 is 14.7. The van der Waals surface area contributed by atoms with Gasteiger partial charge in [-0.05, 0) is 62.4 Å². The van der Waals surface area contributed by atoms with Crippen LogP contribution in [0.25, 0.3) is 10.2 Å². The van der Waals surface area contributed by atoms with Crippen LogP contribution in [-0.2, 0) is 19.6 Å². The molecule has 0 bridgehead atoms. The van der Waals surface area contributed by atoms with Gasteiger partial charge in [0.15, 0.2) is 5.13 Å². The van der Waals surface area contributed by atoms with Crippen molar-refractivity contribution in [3.8, 4) is 0 Å². The van der Waals surface area contributed by atoms with E-state index in [2.05, 4.69) is 0 Å². The number of aryl methyl sites for hydroxylation is 1. The molecule has 5 rings (SSSR count).